The zero-order chi connectivity index (χ0) is 24.9. The molecule has 4 aromatic rings. The van der Waals surface area contributed by atoms with E-state index in [9.17, 15) is 9.59 Å². The number of amides is 1. The fourth-order valence-electron chi connectivity index (χ4n) is 4.81. The van der Waals surface area contributed by atoms with Gasteiger partial charge in [0.1, 0.15) is 16.8 Å². The van der Waals surface area contributed by atoms with E-state index in [1.807, 2.05) is 60.8 Å². The molecule has 1 aliphatic rings. The first-order valence-electron chi connectivity index (χ1n) is 12.4. The second-order valence-electron chi connectivity index (χ2n) is 9.08. The Morgan fingerprint density at radius 3 is 2.64 bits per heavy atom. The van der Waals surface area contributed by atoms with Crippen LogP contribution in [0.4, 0.5) is 0 Å². The Morgan fingerprint density at radius 1 is 1.11 bits per heavy atom. The number of nitrogens with zero attached hydrogens (tertiary/aromatic N) is 2. The molecule has 2 N–H and O–H groups in total. The van der Waals surface area contributed by atoms with E-state index in [4.69, 9.17) is 9.72 Å². The number of hydrogen-bond acceptors (Lipinski definition) is 5. The lowest BCUT2D eigenvalue weighted by molar-refractivity contribution is -0.119. The second kappa shape index (κ2) is 11.0. The van der Waals surface area contributed by atoms with Gasteiger partial charge in [-0.25, -0.2) is 4.98 Å². The highest BCUT2D eigenvalue weighted by Crippen LogP contribution is 2.29. The van der Waals surface area contributed by atoms with Crippen molar-refractivity contribution >= 4 is 28.7 Å². The maximum Gasteiger partial charge on any atom is 0.278 e. The third kappa shape index (κ3) is 5.18. The van der Waals surface area contributed by atoms with Gasteiger partial charge >= 0.3 is 0 Å². The lowest BCUT2D eigenvalue weighted by atomic mass is 9.95. The summed E-state index contributed by atoms with van der Waals surface area (Å²) in [5, 5.41) is 3.67. The highest BCUT2D eigenvalue weighted by molar-refractivity contribution is 7.99. The van der Waals surface area contributed by atoms with Gasteiger partial charge in [0, 0.05) is 23.4 Å². The predicted octanol–water partition coefficient (Wildman–Crippen LogP) is 4.99. The third-order valence-corrected chi connectivity index (χ3v) is 7.63. The SMILES string of the molecule is COc1ccccc1Cn1c(SCC(=O)NC2CCCCC2)nc2c(-c3ccccc3)c[nH]c2c1=O. The summed E-state index contributed by atoms with van der Waals surface area (Å²) in [6, 6.07) is 17.7. The number of H-pyrrole nitrogens is 1. The lowest BCUT2D eigenvalue weighted by Gasteiger charge is -2.22. The van der Waals surface area contributed by atoms with E-state index in [-0.39, 0.29) is 29.8 Å². The first-order valence-corrected chi connectivity index (χ1v) is 13.3. The van der Waals surface area contributed by atoms with Crippen LogP contribution in [-0.4, -0.2) is 39.3 Å². The van der Waals surface area contributed by atoms with Gasteiger partial charge in [-0.15, -0.1) is 0 Å². The summed E-state index contributed by atoms with van der Waals surface area (Å²) in [5.74, 6) is 0.875. The molecule has 2 heterocycles. The molecule has 2 aromatic heterocycles. The summed E-state index contributed by atoms with van der Waals surface area (Å²) in [7, 11) is 1.62. The van der Waals surface area contributed by atoms with Crippen LogP contribution in [0.1, 0.15) is 37.7 Å². The van der Waals surface area contributed by atoms with Crippen LogP contribution in [0.2, 0.25) is 0 Å². The smallest absolute Gasteiger partial charge is 0.278 e. The molecule has 36 heavy (non-hydrogen) atoms. The fourth-order valence-corrected chi connectivity index (χ4v) is 5.61. The van der Waals surface area contributed by atoms with E-state index in [1.54, 1.807) is 11.7 Å². The molecule has 1 amide bonds. The minimum atomic E-state index is -0.178. The van der Waals surface area contributed by atoms with Gasteiger partial charge in [-0.1, -0.05) is 79.6 Å². The number of methoxy groups -OCH3 is 1. The Hall–Kier alpha value is -3.52. The van der Waals surface area contributed by atoms with Crippen LogP contribution in [0.3, 0.4) is 0 Å². The van der Waals surface area contributed by atoms with Crippen molar-refractivity contribution < 1.29 is 9.53 Å². The summed E-state index contributed by atoms with van der Waals surface area (Å²) >= 11 is 1.30. The van der Waals surface area contributed by atoms with E-state index in [2.05, 4.69) is 10.3 Å². The molecule has 8 heteroatoms. The summed E-state index contributed by atoms with van der Waals surface area (Å²) in [4.78, 5) is 34.5. The number of benzene rings is 2. The monoisotopic (exact) mass is 502 g/mol. The Kier molecular flexibility index (Phi) is 7.41. The van der Waals surface area contributed by atoms with Gasteiger partial charge in [0.2, 0.25) is 5.91 Å². The average Bonchev–Trinajstić information content (AvgIpc) is 3.35. The summed E-state index contributed by atoms with van der Waals surface area (Å²) in [6.07, 6.45) is 7.44. The molecule has 1 saturated carbocycles. The fraction of sp³-hybridized carbons (Fsp3) is 0.321. The number of ether oxygens (including phenoxy) is 1. The van der Waals surface area contributed by atoms with Crippen molar-refractivity contribution in [2.75, 3.05) is 12.9 Å². The van der Waals surface area contributed by atoms with Gasteiger partial charge in [-0.05, 0) is 24.5 Å². The Bertz CT molecular complexity index is 1410. The molecular weight excluding hydrogens is 472 g/mol. The molecule has 7 nitrogen and oxygen atoms in total. The molecule has 0 atom stereocenters. The summed E-state index contributed by atoms with van der Waals surface area (Å²) < 4.78 is 7.14. The first-order chi connectivity index (χ1) is 17.6. The second-order valence-corrected chi connectivity index (χ2v) is 10.0. The van der Waals surface area contributed by atoms with Crippen LogP contribution >= 0.6 is 11.8 Å². The maximum absolute atomic E-state index is 13.7. The van der Waals surface area contributed by atoms with Crippen molar-refractivity contribution in [3.05, 3.63) is 76.7 Å². The zero-order valence-corrected chi connectivity index (χ0v) is 21.1. The zero-order valence-electron chi connectivity index (χ0n) is 20.3. The van der Waals surface area contributed by atoms with E-state index in [0.29, 0.717) is 21.9 Å². The number of carbonyl (C=O) groups is 1. The molecule has 186 valence electrons. The van der Waals surface area contributed by atoms with Crippen LogP contribution < -0.4 is 15.6 Å². The quantitative estimate of drug-likeness (QED) is 0.262. The average molecular weight is 503 g/mol. The van der Waals surface area contributed by atoms with Crippen molar-refractivity contribution in [2.45, 2.75) is 49.8 Å². The van der Waals surface area contributed by atoms with Gasteiger partial charge in [-0.2, -0.15) is 0 Å². The van der Waals surface area contributed by atoms with Gasteiger partial charge in [0.15, 0.2) is 5.16 Å². The van der Waals surface area contributed by atoms with Crippen molar-refractivity contribution in [1.82, 2.24) is 19.9 Å². The number of carbonyl (C=O) groups excluding carboxylic acids is 1. The van der Waals surface area contributed by atoms with Crippen molar-refractivity contribution in [3.8, 4) is 16.9 Å². The minimum absolute atomic E-state index is 0.0255. The molecule has 0 aliphatic heterocycles. The Morgan fingerprint density at radius 2 is 1.86 bits per heavy atom. The number of aromatic nitrogens is 3. The molecule has 0 saturated heterocycles. The topological polar surface area (TPSA) is 89.0 Å². The van der Waals surface area contributed by atoms with Crippen molar-refractivity contribution in [3.63, 3.8) is 0 Å². The lowest BCUT2D eigenvalue weighted by Crippen LogP contribution is -2.37. The normalized spacial score (nSPS) is 14.1. The summed E-state index contributed by atoms with van der Waals surface area (Å²) in [6.45, 7) is 0.290. The standard InChI is InChI=1S/C28H30N4O3S/c1-35-23-15-9-8-12-20(23)17-32-27(34)26-25(22(16-29-26)19-10-4-2-5-11-19)31-28(32)36-18-24(33)30-21-13-6-3-7-14-21/h2,4-5,8-12,15-16,21,29H,3,6-7,13-14,17-18H2,1H3,(H,30,33). The first kappa shape index (κ1) is 24.2. The van der Waals surface area contributed by atoms with Crippen molar-refractivity contribution in [1.29, 1.82) is 0 Å². The number of aromatic amines is 1. The van der Waals surface area contributed by atoms with Gasteiger partial charge < -0.3 is 15.0 Å². The van der Waals surface area contributed by atoms with Crippen LogP contribution in [0.5, 0.6) is 5.75 Å². The molecule has 2 aromatic carbocycles. The summed E-state index contributed by atoms with van der Waals surface area (Å²) in [5.41, 5.74) is 3.58. The van der Waals surface area contributed by atoms with Crippen LogP contribution in [-0.2, 0) is 11.3 Å². The molecule has 1 fully saturated rings. The van der Waals surface area contributed by atoms with E-state index >= 15 is 0 Å². The highest BCUT2D eigenvalue weighted by Gasteiger charge is 2.20. The van der Waals surface area contributed by atoms with E-state index in [1.165, 1.54) is 18.2 Å². The molecular formula is C28H30N4O3S. The van der Waals surface area contributed by atoms with Crippen LogP contribution in [0.25, 0.3) is 22.2 Å². The number of fused-ring (bicyclic) bond motifs is 1. The number of para-hydroxylation sites is 1. The van der Waals surface area contributed by atoms with E-state index in [0.717, 1.165) is 42.4 Å². The van der Waals surface area contributed by atoms with Gasteiger partial charge in [0.05, 0.1) is 19.4 Å². The third-order valence-electron chi connectivity index (χ3n) is 6.66. The number of hydrogen-bond donors (Lipinski definition) is 2. The molecule has 0 bridgehead atoms. The minimum Gasteiger partial charge on any atom is -0.496 e. The van der Waals surface area contributed by atoms with Gasteiger partial charge in [-0.3, -0.25) is 14.2 Å². The Labute approximate surface area is 214 Å². The highest BCUT2D eigenvalue weighted by atomic mass is 32.2. The van der Waals surface area contributed by atoms with E-state index < -0.39 is 0 Å². The number of rotatable bonds is 8. The molecule has 0 radical (unpaired) electrons. The number of nitrogens with one attached hydrogen (secondary N) is 2. The number of thioether (sulfide) groups is 1. The molecule has 1 aliphatic carbocycles. The Balaban J connectivity index is 1.50. The van der Waals surface area contributed by atoms with Crippen LogP contribution in [0, 0.1) is 0 Å². The maximum atomic E-state index is 13.7. The predicted molar refractivity (Wildman–Crippen MR) is 144 cm³/mol. The molecule has 0 spiro atoms. The molecule has 5 rings (SSSR count). The van der Waals surface area contributed by atoms with Crippen molar-refractivity contribution in [2.24, 2.45) is 0 Å². The molecule has 0 unspecified atom stereocenters. The largest absolute Gasteiger partial charge is 0.496 e. The van der Waals surface area contributed by atoms with Crippen LogP contribution in [0.15, 0.2) is 70.7 Å². The van der Waals surface area contributed by atoms with Gasteiger partial charge in [0.25, 0.3) is 5.56 Å².